The second kappa shape index (κ2) is 7.55. The number of ether oxygens (including phenoxy) is 1. The normalized spacial score (nSPS) is 18.1. The number of nitrogen functional groups attached to an aromatic ring is 1. The lowest BCUT2D eigenvalue weighted by atomic mass is 9.98. The highest BCUT2D eigenvalue weighted by molar-refractivity contribution is 5.94. The van der Waals surface area contributed by atoms with Crippen LogP contribution in [0.5, 0.6) is 0 Å². The maximum Gasteiger partial charge on any atom is 0.410 e. The number of hydrogen-bond donors (Lipinski definition) is 2. The molecular formula is C18H27N3O3. The van der Waals surface area contributed by atoms with Gasteiger partial charge in [-0.05, 0) is 63.8 Å². The maximum atomic E-state index is 12.2. The number of likely N-dealkylation sites (tertiary alicyclic amines) is 1. The van der Waals surface area contributed by atoms with Gasteiger partial charge in [0.1, 0.15) is 5.60 Å². The molecule has 6 heteroatoms. The van der Waals surface area contributed by atoms with Crippen molar-refractivity contribution >= 4 is 17.7 Å². The van der Waals surface area contributed by atoms with Gasteiger partial charge in [-0.3, -0.25) is 4.79 Å². The third-order valence-corrected chi connectivity index (χ3v) is 3.89. The number of carbonyl (C=O) groups excluding carboxylic acids is 2. The predicted molar refractivity (Wildman–Crippen MR) is 93.7 cm³/mol. The molecule has 1 aliphatic heterocycles. The Labute approximate surface area is 143 Å². The lowest BCUT2D eigenvalue weighted by molar-refractivity contribution is 0.0167. The number of benzene rings is 1. The molecule has 1 aromatic rings. The Bertz CT molecular complexity index is 578. The molecule has 24 heavy (non-hydrogen) atoms. The van der Waals surface area contributed by atoms with Crippen molar-refractivity contribution in [2.24, 2.45) is 5.92 Å². The summed E-state index contributed by atoms with van der Waals surface area (Å²) in [4.78, 5) is 26.0. The summed E-state index contributed by atoms with van der Waals surface area (Å²) in [7, 11) is 0. The number of anilines is 1. The van der Waals surface area contributed by atoms with Gasteiger partial charge in [0, 0.05) is 30.9 Å². The van der Waals surface area contributed by atoms with Crippen molar-refractivity contribution in [1.82, 2.24) is 10.2 Å². The van der Waals surface area contributed by atoms with Crippen LogP contribution in [0, 0.1) is 5.92 Å². The van der Waals surface area contributed by atoms with E-state index in [0.717, 1.165) is 12.8 Å². The van der Waals surface area contributed by atoms with Crippen LogP contribution in [0.25, 0.3) is 0 Å². The van der Waals surface area contributed by atoms with E-state index in [4.69, 9.17) is 10.5 Å². The molecule has 0 aromatic heterocycles. The van der Waals surface area contributed by atoms with E-state index in [-0.39, 0.29) is 17.9 Å². The summed E-state index contributed by atoms with van der Waals surface area (Å²) >= 11 is 0. The molecule has 132 valence electrons. The van der Waals surface area contributed by atoms with E-state index in [1.54, 1.807) is 29.2 Å². The van der Waals surface area contributed by atoms with E-state index in [1.165, 1.54) is 0 Å². The predicted octanol–water partition coefficient (Wildman–Crippen LogP) is 2.65. The van der Waals surface area contributed by atoms with E-state index >= 15 is 0 Å². The van der Waals surface area contributed by atoms with Gasteiger partial charge in [-0.2, -0.15) is 0 Å². The SMILES string of the molecule is CC(C)(C)OC(=O)N1CCCC(CNC(=O)c2ccc(N)cc2)C1. The van der Waals surface area contributed by atoms with Crippen LogP contribution < -0.4 is 11.1 Å². The first kappa shape index (κ1) is 18.1. The molecule has 2 rings (SSSR count). The minimum Gasteiger partial charge on any atom is -0.444 e. The summed E-state index contributed by atoms with van der Waals surface area (Å²) in [5.74, 6) is 0.119. The molecule has 6 nitrogen and oxygen atoms in total. The van der Waals surface area contributed by atoms with Crippen LogP contribution in [0.3, 0.4) is 0 Å². The largest absolute Gasteiger partial charge is 0.444 e. The fourth-order valence-electron chi connectivity index (χ4n) is 2.70. The molecule has 3 N–H and O–H groups in total. The molecule has 1 fully saturated rings. The zero-order valence-electron chi connectivity index (χ0n) is 14.7. The Morgan fingerprint density at radius 1 is 1.29 bits per heavy atom. The van der Waals surface area contributed by atoms with Gasteiger partial charge in [0.15, 0.2) is 0 Å². The molecule has 2 amide bonds. The van der Waals surface area contributed by atoms with Gasteiger partial charge in [-0.15, -0.1) is 0 Å². The summed E-state index contributed by atoms with van der Waals surface area (Å²) in [6.45, 7) is 7.44. The summed E-state index contributed by atoms with van der Waals surface area (Å²) < 4.78 is 5.42. The van der Waals surface area contributed by atoms with Crippen molar-refractivity contribution in [3.8, 4) is 0 Å². The summed E-state index contributed by atoms with van der Waals surface area (Å²) in [5, 5.41) is 2.94. The highest BCUT2D eigenvalue weighted by atomic mass is 16.6. The maximum absolute atomic E-state index is 12.2. The van der Waals surface area contributed by atoms with Crippen LogP contribution in [0.15, 0.2) is 24.3 Å². The first-order valence-electron chi connectivity index (χ1n) is 8.36. The first-order chi connectivity index (χ1) is 11.2. The molecule has 1 saturated heterocycles. The number of amides is 2. The van der Waals surface area contributed by atoms with E-state index < -0.39 is 5.60 Å². The minimum absolute atomic E-state index is 0.121. The molecule has 0 radical (unpaired) electrons. The molecule has 0 spiro atoms. The third kappa shape index (κ3) is 5.44. The van der Waals surface area contributed by atoms with Crippen LogP contribution in [-0.2, 0) is 4.74 Å². The zero-order chi connectivity index (χ0) is 17.7. The van der Waals surface area contributed by atoms with E-state index in [0.29, 0.717) is 30.9 Å². The zero-order valence-corrected chi connectivity index (χ0v) is 14.7. The number of rotatable bonds is 3. The van der Waals surface area contributed by atoms with Gasteiger partial charge in [0.2, 0.25) is 0 Å². The fourth-order valence-corrected chi connectivity index (χ4v) is 2.70. The van der Waals surface area contributed by atoms with Gasteiger partial charge in [0.05, 0.1) is 0 Å². The molecule has 1 heterocycles. The first-order valence-corrected chi connectivity index (χ1v) is 8.36. The second-order valence-corrected chi connectivity index (χ2v) is 7.27. The van der Waals surface area contributed by atoms with E-state index in [1.807, 2.05) is 20.8 Å². The second-order valence-electron chi connectivity index (χ2n) is 7.27. The smallest absolute Gasteiger partial charge is 0.410 e. The molecule has 1 aliphatic rings. The molecular weight excluding hydrogens is 306 g/mol. The summed E-state index contributed by atoms with van der Waals surface area (Å²) in [5.41, 5.74) is 6.35. The Kier molecular flexibility index (Phi) is 5.70. The summed E-state index contributed by atoms with van der Waals surface area (Å²) in [6.07, 6.45) is 1.63. The standard InChI is InChI=1S/C18H27N3O3/c1-18(2,3)24-17(23)21-10-4-5-13(12-21)11-20-16(22)14-6-8-15(19)9-7-14/h6-9,13H,4-5,10-12,19H2,1-3H3,(H,20,22). The Morgan fingerprint density at radius 2 is 1.96 bits per heavy atom. The lowest BCUT2D eigenvalue weighted by Crippen LogP contribution is -2.45. The quantitative estimate of drug-likeness (QED) is 0.833. The molecule has 1 unspecified atom stereocenters. The van der Waals surface area contributed by atoms with Crippen LogP contribution in [0.4, 0.5) is 10.5 Å². The van der Waals surface area contributed by atoms with Gasteiger partial charge >= 0.3 is 6.09 Å². The van der Waals surface area contributed by atoms with Gasteiger partial charge < -0.3 is 20.7 Å². The monoisotopic (exact) mass is 333 g/mol. The van der Waals surface area contributed by atoms with E-state index in [9.17, 15) is 9.59 Å². The number of nitrogens with zero attached hydrogens (tertiary/aromatic N) is 1. The molecule has 1 aromatic carbocycles. The van der Waals surface area contributed by atoms with Gasteiger partial charge in [-0.25, -0.2) is 4.79 Å². The number of nitrogens with one attached hydrogen (secondary N) is 1. The van der Waals surface area contributed by atoms with Crippen LogP contribution in [-0.4, -0.2) is 42.1 Å². The van der Waals surface area contributed by atoms with Crippen LogP contribution in [0.2, 0.25) is 0 Å². The van der Waals surface area contributed by atoms with Crippen molar-refractivity contribution in [3.63, 3.8) is 0 Å². The fraction of sp³-hybridized carbons (Fsp3) is 0.556. The Hall–Kier alpha value is -2.24. The Balaban J connectivity index is 1.83. The van der Waals surface area contributed by atoms with E-state index in [2.05, 4.69) is 5.32 Å². The average molecular weight is 333 g/mol. The number of hydrogen-bond acceptors (Lipinski definition) is 4. The van der Waals surface area contributed by atoms with Gasteiger partial charge in [-0.1, -0.05) is 0 Å². The number of carbonyl (C=O) groups is 2. The van der Waals surface area contributed by atoms with Gasteiger partial charge in [0.25, 0.3) is 5.91 Å². The van der Waals surface area contributed by atoms with Crippen molar-refractivity contribution in [2.45, 2.75) is 39.2 Å². The van der Waals surface area contributed by atoms with Crippen molar-refractivity contribution in [3.05, 3.63) is 29.8 Å². The average Bonchev–Trinajstić information content (AvgIpc) is 2.52. The highest BCUT2D eigenvalue weighted by Gasteiger charge is 2.27. The van der Waals surface area contributed by atoms with Crippen LogP contribution in [0.1, 0.15) is 44.0 Å². The van der Waals surface area contributed by atoms with Crippen molar-refractivity contribution in [2.75, 3.05) is 25.4 Å². The number of piperidine rings is 1. The topological polar surface area (TPSA) is 84.7 Å². The summed E-state index contributed by atoms with van der Waals surface area (Å²) in [6, 6.07) is 6.83. The Morgan fingerprint density at radius 3 is 2.58 bits per heavy atom. The highest BCUT2D eigenvalue weighted by Crippen LogP contribution is 2.19. The minimum atomic E-state index is -0.493. The van der Waals surface area contributed by atoms with Crippen LogP contribution >= 0.6 is 0 Å². The molecule has 0 saturated carbocycles. The number of nitrogens with two attached hydrogens (primary N) is 1. The lowest BCUT2D eigenvalue weighted by Gasteiger charge is -2.34. The molecule has 1 atom stereocenters. The third-order valence-electron chi connectivity index (χ3n) is 3.89. The molecule has 0 aliphatic carbocycles. The van der Waals surface area contributed by atoms with Crippen molar-refractivity contribution in [1.29, 1.82) is 0 Å². The van der Waals surface area contributed by atoms with Crippen molar-refractivity contribution < 1.29 is 14.3 Å². The molecule has 0 bridgehead atoms.